The van der Waals surface area contributed by atoms with E-state index in [0.717, 1.165) is 18.9 Å². The fourth-order valence-corrected chi connectivity index (χ4v) is 2.99. The average Bonchev–Trinajstić information content (AvgIpc) is 2.43. The number of carboxylic acid groups (broad SMARTS) is 1. The van der Waals surface area contributed by atoms with Crippen molar-refractivity contribution in [3.05, 3.63) is 28.2 Å². The van der Waals surface area contributed by atoms with Crippen molar-refractivity contribution in [2.45, 2.75) is 25.3 Å². The number of nitrogens with one attached hydrogen (secondary N) is 1. The first-order valence-corrected chi connectivity index (χ1v) is 7.59. The molecule has 5 nitrogen and oxygen atoms in total. The number of halogens is 4. The SMILES string of the molecule is Cl.O=C(CN1CCCCC1C(=O)O)Nc1c(F)cc(F)cc1Br. The van der Waals surface area contributed by atoms with Crippen molar-refractivity contribution in [1.29, 1.82) is 0 Å². The third-order valence-corrected chi connectivity index (χ3v) is 4.14. The first kappa shape index (κ1) is 19.8. The second-order valence-corrected chi connectivity index (χ2v) is 5.97. The fraction of sp³-hybridized carbons (Fsp3) is 0.429. The molecule has 0 saturated carbocycles. The lowest BCUT2D eigenvalue weighted by atomic mass is 10.0. The van der Waals surface area contributed by atoms with Gasteiger partial charge < -0.3 is 10.4 Å². The summed E-state index contributed by atoms with van der Waals surface area (Å²) >= 11 is 2.98. The van der Waals surface area contributed by atoms with Gasteiger partial charge in [0.1, 0.15) is 11.9 Å². The van der Waals surface area contributed by atoms with Crippen molar-refractivity contribution in [3.8, 4) is 0 Å². The molecule has 1 aliphatic heterocycles. The van der Waals surface area contributed by atoms with E-state index in [1.165, 1.54) is 0 Å². The monoisotopic (exact) mass is 412 g/mol. The minimum absolute atomic E-state index is 0. The van der Waals surface area contributed by atoms with Gasteiger partial charge in [-0.25, -0.2) is 8.78 Å². The van der Waals surface area contributed by atoms with Crippen LogP contribution in [0.2, 0.25) is 0 Å². The molecule has 0 aromatic heterocycles. The second-order valence-electron chi connectivity index (χ2n) is 5.11. The van der Waals surface area contributed by atoms with Crippen LogP contribution in [0.1, 0.15) is 19.3 Å². The van der Waals surface area contributed by atoms with Gasteiger partial charge in [-0.1, -0.05) is 6.42 Å². The molecule has 1 aliphatic rings. The number of hydrogen-bond acceptors (Lipinski definition) is 3. The van der Waals surface area contributed by atoms with Gasteiger partial charge in [-0.15, -0.1) is 12.4 Å². The summed E-state index contributed by atoms with van der Waals surface area (Å²) in [6, 6.07) is 1.00. The van der Waals surface area contributed by atoms with Crippen LogP contribution in [-0.2, 0) is 9.59 Å². The van der Waals surface area contributed by atoms with Gasteiger partial charge in [0.15, 0.2) is 5.82 Å². The molecule has 1 amide bonds. The van der Waals surface area contributed by atoms with Gasteiger partial charge in [0.05, 0.1) is 12.2 Å². The van der Waals surface area contributed by atoms with Gasteiger partial charge >= 0.3 is 5.97 Å². The summed E-state index contributed by atoms with van der Waals surface area (Å²) in [7, 11) is 0. The number of aliphatic carboxylic acids is 1. The van der Waals surface area contributed by atoms with Gasteiger partial charge in [0, 0.05) is 10.5 Å². The number of nitrogens with zero attached hydrogens (tertiary/aromatic N) is 1. The maximum atomic E-state index is 13.7. The molecule has 23 heavy (non-hydrogen) atoms. The van der Waals surface area contributed by atoms with Gasteiger partial charge in [0.25, 0.3) is 0 Å². The molecule has 0 bridgehead atoms. The van der Waals surface area contributed by atoms with Crippen molar-refractivity contribution in [1.82, 2.24) is 4.90 Å². The molecule has 1 fully saturated rings. The van der Waals surface area contributed by atoms with Crippen LogP contribution in [0, 0.1) is 11.6 Å². The summed E-state index contributed by atoms with van der Waals surface area (Å²) in [6.07, 6.45) is 2.09. The zero-order valence-corrected chi connectivity index (χ0v) is 14.4. The Balaban J connectivity index is 0.00000264. The van der Waals surface area contributed by atoms with E-state index in [4.69, 9.17) is 5.11 Å². The van der Waals surface area contributed by atoms with Crippen LogP contribution in [0.25, 0.3) is 0 Å². The van der Waals surface area contributed by atoms with E-state index < -0.39 is 29.6 Å². The number of likely N-dealkylation sites (tertiary alicyclic amines) is 1. The van der Waals surface area contributed by atoms with E-state index in [0.29, 0.717) is 19.0 Å². The molecule has 1 aromatic rings. The van der Waals surface area contributed by atoms with E-state index in [9.17, 15) is 18.4 Å². The molecule has 0 spiro atoms. The smallest absolute Gasteiger partial charge is 0.320 e. The number of benzene rings is 1. The van der Waals surface area contributed by atoms with Crippen molar-refractivity contribution in [3.63, 3.8) is 0 Å². The lowest BCUT2D eigenvalue weighted by molar-refractivity contribution is -0.145. The van der Waals surface area contributed by atoms with Crippen LogP contribution in [0.4, 0.5) is 14.5 Å². The maximum absolute atomic E-state index is 13.7. The van der Waals surface area contributed by atoms with Gasteiger partial charge in [-0.3, -0.25) is 14.5 Å². The summed E-state index contributed by atoms with van der Waals surface area (Å²) in [5.41, 5.74) is -0.157. The van der Waals surface area contributed by atoms with E-state index in [2.05, 4.69) is 21.2 Å². The first-order chi connectivity index (χ1) is 10.4. The molecule has 1 unspecified atom stereocenters. The molecule has 1 aromatic carbocycles. The Kier molecular flexibility index (Phi) is 7.37. The summed E-state index contributed by atoms with van der Waals surface area (Å²) in [5, 5.41) is 11.5. The summed E-state index contributed by atoms with van der Waals surface area (Å²) in [5.74, 6) is -3.17. The van der Waals surface area contributed by atoms with E-state index in [-0.39, 0.29) is 29.1 Å². The topological polar surface area (TPSA) is 69.6 Å². The number of hydrogen-bond donors (Lipinski definition) is 2. The number of amides is 1. The van der Waals surface area contributed by atoms with Crippen LogP contribution in [0.15, 0.2) is 16.6 Å². The predicted molar refractivity (Wildman–Crippen MR) is 86.8 cm³/mol. The number of carbonyl (C=O) groups is 2. The predicted octanol–water partition coefficient (Wildman–Crippen LogP) is 3.03. The Morgan fingerprint density at radius 3 is 2.65 bits per heavy atom. The third kappa shape index (κ3) is 5.12. The van der Waals surface area contributed by atoms with Gasteiger partial charge in [-0.05, 0) is 41.4 Å². The highest BCUT2D eigenvalue weighted by molar-refractivity contribution is 9.10. The van der Waals surface area contributed by atoms with Gasteiger partial charge in [-0.2, -0.15) is 0 Å². The Morgan fingerprint density at radius 2 is 2.04 bits per heavy atom. The Hall–Kier alpha value is -1.25. The molecule has 1 heterocycles. The minimum atomic E-state index is -0.971. The molecule has 0 radical (unpaired) electrons. The molecule has 128 valence electrons. The van der Waals surface area contributed by atoms with E-state index in [1.54, 1.807) is 4.90 Å². The van der Waals surface area contributed by atoms with Crippen LogP contribution < -0.4 is 5.32 Å². The van der Waals surface area contributed by atoms with Crippen molar-refractivity contribution in [2.75, 3.05) is 18.4 Å². The Bertz CT molecular complexity index is 580. The maximum Gasteiger partial charge on any atom is 0.320 e. The van der Waals surface area contributed by atoms with E-state index in [1.807, 2.05) is 0 Å². The fourth-order valence-electron chi connectivity index (χ4n) is 2.48. The summed E-state index contributed by atoms with van der Waals surface area (Å²) in [4.78, 5) is 24.7. The first-order valence-electron chi connectivity index (χ1n) is 6.79. The lowest BCUT2D eigenvalue weighted by Crippen LogP contribution is -2.47. The van der Waals surface area contributed by atoms with E-state index >= 15 is 0 Å². The Labute approximate surface area is 146 Å². The third-order valence-electron chi connectivity index (χ3n) is 3.52. The number of carbonyl (C=O) groups excluding carboxylic acids is 1. The number of piperidine rings is 1. The molecule has 1 atom stereocenters. The number of rotatable bonds is 4. The standard InChI is InChI=1S/C14H15BrF2N2O3.ClH/c15-9-5-8(16)6-10(17)13(9)18-12(20)7-19-4-2-1-3-11(19)14(21)22;/h5-6,11H,1-4,7H2,(H,18,20)(H,21,22);1H. The lowest BCUT2D eigenvalue weighted by Gasteiger charge is -2.32. The highest BCUT2D eigenvalue weighted by atomic mass is 79.9. The largest absolute Gasteiger partial charge is 0.480 e. The van der Waals surface area contributed by atoms with Crippen molar-refractivity contribution in [2.24, 2.45) is 0 Å². The highest BCUT2D eigenvalue weighted by Crippen LogP contribution is 2.27. The Morgan fingerprint density at radius 1 is 1.35 bits per heavy atom. The van der Waals surface area contributed by atoms with Crippen LogP contribution in [-0.4, -0.2) is 41.0 Å². The highest BCUT2D eigenvalue weighted by Gasteiger charge is 2.29. The minimum Gasteiger partial charge on any atom is -0.480 e. The molecule has 2 N–H and O–H groups in total. The zero-order valence-electron chi connectivity index (χ0n) is 12.0. The number of anilines is 1. The second kappa shape index (κ2) is 8.56. The quantitative estimate of drug-likeness (QED) is 0.796. The summed E-state index contributed by atoms with van der Waals surface area (Å²) in [6.45, 7) is 0.345. The molecular formula is C14H16BrClF2N2O3. The zero-order chi connectivity index (χ0) is 16.3. The number of carboxylic acids is 1. The molecule has 0 aliphatic carbocycles. The molecule has 1 saturated heterocycles. The van der Waals surface area contributed by atoms with Crippen LogP contribution in [0.3, 0.4) is 0 Å². The normalized spacial score (nSPS) is 18.1. The van der Waals surface area contributed by atoms with Crippen molar-refractivity contribution >= 4 is 45.9 Å². The van der Waals surface area contributed by atoms with Crippen LogP contribution >= 0.6 is 28.3 Å². The molecule has 2 rings (SSSR count). The molecular weight excluding hydrogens is 398 g/mol. The average molecular weight is 414 g/mol. The van der Waals surface area contributed by atoms with Gasteiger partial charge in [0.2, 0.25) is 5.91 Å². The van der Waals surface area contributed by atoms with Crippen molar-refractivity contribution < 1.29 is 23.5 Å². The molecule has 9 heteroatoms. The summed E-state index contributed by atoms with van der Waals surface area (Å²) < 4.78 is 26.8. The van der Waals surface area contributed by atoms with Crippen LogP contribution in [0.5, 0.6) is 0 Å².